The molecule has 10 heteroatoms. The maximum Gasteiger partial charge on any atom is 0.323 e. The molecule has 39 heavy (non-hydrogen) atoms. The number of rotatable bonds is 7. The van der Waals surface area contributed by atoms with E-state index >= 15 is 0 Å². The predicted octanol–water partition coefficient (Wildman–Crippen LogP) is 4.59. The fourth-order valence-corrected chi connectivity index (χ4v) is 5.53. The molecule has 6 rings (SSSR count). The van der Waals surface area contributed by atoms with Crippen molar-refractivity contribution in [3.63, 3.8) is 0 Å². The zero-order valence-electron chi connectivity index (χ0n) is 22.6. The maximum absolute atomic E-state index is 12.6. The van der Waals surface area contributed by atoms with Gasteiger partial charge < -0.3 is 25.2 Å². The van der Waals surface area contributed by atoms with Crippen LogP contribution in [0.25, 0.3) is 22.4 Å². The Hall–Kier alpha value is -4.02. The minimum Gasteiger partial charge on any atom is -0.377 e. The number of urea groups is 1. The number of aromatic nitrogens is 4. The van der Waals surface area contributed by atoms with Gasteiger partial charge in [0.1, 0.15) is 5.82 Å². The largest absolute Gasteiger partial charge is 0.377 e. The second-order valence-electron chi connectivity index (χ2n) is 10.5. The van der Waals surface area contributed by atoms with Crippen LogP contribution in [0.1, 0.15) is 25.3 Å². The molecule has 0 saturated carbocycles. The summed E-state index contributed by atoms with van der Waals surface area (Å²) in [6.45, 7) is 5.09. The van der Waals surface area contributed by atoms with Gasteiger partial charge in [0, 0.05) is 30.0 Å². The molecule has 2 fully saturated rings. The summed E-state index contributed by atoms with van der Waals surface area (Å²) >= 11 is 0. The molecule has 2 aliphatic rings. The van der Waals surface area contributed by atoms with Crippen LogP contribution >= 0.6 is 0 Å². The number of hydrogen-bond donors (Lipinski definition) is 2. The molecular formula is C29H34N8O2. The van der Waals surface area contributed by atoms with E-state index in [0.717, 1.165) is 67.2 Å². The van der Waals surface area contributed by atoms with Crippen molar-refractivity contribution in [1.29, 1.82) is 0 Å². The van der Waals surface area contributed by atoms with Crippen molar-refractivity contribution >= 4 is 34.3 Å². The lowest BCUT2D eigenvalue weighted by atomic mass is 10.1. The summed E-state index contributed by atoms with van der Waals surface area (Å²) in [6.07, 6.45) is 4.10. The van der Waals surface area contributed by atoms with E-state index in [1.165, 1.54) is 5.56 Å². The topological polar surface area (TPSA) is 100 Å². The van der Waals surface area contributed by atoms with Crippen LogP contribution in [0.15, 0.2) is 54.7 Å². The molecule has 2 bridgehead atoms. The lowest BCUT2D eigenvalue weighted by molar-refractivity contribution is 0.0904. The van der Waals surface area contributed by atoms with Crippen LogP contribution < -0.4 is 15.5 Å². The number of carbonyl (C=O) groups is 1. The number of nitrogens with one attached hydrogen (secondary N) is 2. The van der Waals surface area contributed by atoms with E-state index < -0.39 is 0 Å². The summed E-state index contributed by atoms with van der Waals surface area (Å²) < 4.78 is 7.73. The van der Waals surface area contributed by atoms with Crippen LogP contribution in [0.4, 0.5) is 22.0 Å². The van der Waals surface area contributed by atoms with Crippen molar-refractivity contribution in [2.24, 2.45) is 0 Å². The molecule has 2 saturated heterocycles. The molecular weight excluding hydrogens is 492 g/mol. The Morgan fingerprint density at radius 3 is 2.23 bits per heavy atom. The second kappa shape index (κ2) is 10.6. The Kier molecular flexibility index (Phi) is 6.88. The fourth-order valence-electron chi connectivity index (χ4n) is 5.53. The van der Waals surface area contributed by atoms with Crippen molar-refractivity contribution in [2.45, 2.75) is 44.9 Å². The van der Waals surface area contributed by atoms with Crippen molar-refractivity contribution < 1.29 is 9.53 Å². The van der Waals surface area contributed by atoms with E-state index in [9.17, 15) is 4.79 Å². The first-order valence-corrected chi connectivity index (χ1v) is 13.5. The highest BCUT2D eigenvalue weighted by Gasteiger charge is 2.39. The minimum atomic E-state index is -0.294. The highest BCUT2D eigenvalue weighted by Crippen LogP contribution is 2.37. The van der Waals surface area contributed by atoms with Crippen molar-refractivity contribution in [3.05, 3.63) is 60.3 Å². The molecule has 0 aliphatic carbocycles. The summed E-state index contributed by atoms with van der Waals surface area (Å²) in [5, 5.41) is 11.3. The van der Waals surface area contributed by atoms with Crippen LogP contribution in [-0.4, -0.2) is 70.1 Å². The smallest absolute Gasteiger partial charge is 0.323 e. The summed E-state index contributed by atoms with van der Waals surface area (Å²) in [6, 6.07) is 15.8. The van der Waals surface area contributed by atoms with Gasteiger partial charge in [-0.3, -0.25) is 0 Å². The number of ether oxygens (including phenoxy) is 1. The van der Waals surface area contributed by atoms with E-state index in [1.807, 2.05) is 73.5 Å². The first-order chi connectivity index (χ1) is 19.0. The number of hydrogen-bond acceptors (Lipinski definition) is 7. The summed E-state index contributed by atoms with van der Waals surface area (Å²) in [7, 11) is 4.06. The van der Waals surface area contributed by atoms with Crippen LogP contribution in [0.2, 0.25) is 0 Å². The molecule has 2 N–H and O–H groups in total. The third-order valence-electron chi connectivity index (χ3n) is 7.37. The normalized spacial score (nSPS) is 18.6. The quantitative estimate of drug-likeness (QED) is 0.363. The Morgan fingerprint density at radius 2 is 1.62 bits per heavy atom. The monoisotopic (exact) mass is 526 g/mol. The van der Waals surface area contributed by atoms with Gasteiger partial charge in [0.15, 0.2) is 11.5 Å². The Morgan fingerprint density at radius 1 is 0.974 bits per heavy atom. The molecule has 2 atom stereocenters. The molecule has 2 amide bonds. The number of carbonyl (C=O) groups excluding carboxylic acids is 1. The van der Waals surface area contributed by atoms with Gasteiger partial charge in [-0.25, -0.2) is 19.4 Å². The van der Waals surface area contributed by atoms with Crippen LogP contribution in [0.5, 0.6) is 0 Å². The van der Waals surface area contributed by atoms with Crippen LogP contribution in [-0.2, 0) is 17.8 Å². The van der Waals surface area contributed by atoms with Crippen molar-refractivity contribution in [2.75, 3.05) is 42.8 Å². The first-order valence-electron chi connectivity index (χ1n) is 13.5. The molecule has 2 unspecified atom stereocenters. The summed E-state index contributed by atoms with van der Waals surface area (Å²) in [4.78, 5) is 27.1. The third kappa shape index (κ3) is 5.17. The third-order valence-corrected chi connectivity index (χ3v) is 7.37. The van der Waals surface area contributed by atoms with E-state index in [4.69, 9.17) is 14.7 Å². The molecule has 10 nitrogen and oxygen atoms in total. The number of amides is 2. The lowest BCUT2D eigenvalue weighted by Crippen LogP contribution is -2.46. The fraction of sp³-hybridized carbons (Fsp3) is 0.379. The molecule has 4 heterocycles. The second-order valence-corrected chi connectivity index (χ2v) is 10.5. The van der Waals surface area contributed by atoms with Crippen LogP contribution in [0.3, 0.4) is 0 Å². The predicted molar refractivity (Wildman–Crippen MR) is 153 cm³/mol. The number of benzene rings is 2. The molecule has 2 aliphatic heterocycles. The number of aryl methyl sites for hydroxylation is 1. The minimum absolute atomic E-state index is 0.294. The molecule has 0 spiro atoms. The van der Waals surface area contributed by atoms with Crippen LogP contribution in [0, 0.1) is 0 Å². The Bertz CT molecular complexity index is 1450. The van der Waals surface area contributed by atoms with E-state index in [1.54, 1.807) is 0 Å². The molecule has 4 aromatic rings. The molecule has 202 valence electrons. The maximum atomic E-state index is 12.6. The van der Waals surface area contributed by atoms with Crippen molar-refractivity contribution in [3.8, 4) is 11.4 Å². The van der Waals surface area contributed by atoms with Gasteiger partial charge in [-0.05, 0) is 75.8 Å². The summed E-state index contributed by atoms with van der Waals surface area (Å²) in [5.74, 6) is 1.58. The highest BCUT2D eigenvalue weighted by atomic mass is 16.5. The van der Waals surface area contributed by atoms with Gasteiger partial charge in [-0.15, -0.1) is 0 Å². The Labute approximate surface area is 228 Å². The van der Waals surface area contributed by atoms with Gasteiger partial charge in [0.25, 0.3) is 0 Å². The number of nitrogens with zero attached hydrogens (tertiary/aromatic N) is 6. The van der Waals surface area contributed by atoms with Gasteiger partial charge >= 0.3 is 6.03 Å². The molecule has 2 aromatic carbocycles. The number of fused-ring (bicyclic) bond motifs is 3. The van der Waals surface area contributed by atoms with Gasteiger partial charge in [-0.1, -0.05) is 12.1 Å². The zero-order valence-corrected chi connectivity index (χ0v) is 22.6. The molecule has 0 radical (unpaired) electrons. The first kappa shape index (κ1) is 25.3. The summed E-state index contributed by atoms with van der Waals surface area (Å²) in [5.41, 5.74) is 4.33. The van der Waals surface area contributed by atoms with Gasteiger partial charge in [0.2, 0.25) is 0 Å². The SMILES string of the molecule is CCn1ncc2c(N3C4CCC3COC4)nc(-c3ccc(NC(=O)Nc4ccc(CN(C)C)cc4)cc3)nc21. The number of morpholine rings is 1. The highest BCUT2D eigenvalue weighted by molar-refractivity contribution is 5.99. The number of anilines is 3. The van der Waals surface area contributed by atoms with Gasteiger partial charge in [-0.2, -0.15) is 5.10 Å². The van der Waals surface area contributed by atoms with E-state index in [-0.39, 0.29) is 6.03 Å². The van der Waals surface area contributed by atoms with Crippen molar-refractivity contribution in [1.82, 2.24) is 24.6 Å². The Balaban J connectivity index is 1.21. The zero-order chi connectivity index (χ0) is 26.9. The van der Waals surface area contributed by atoms with E-state index in [0.29, 0.717) is 23.6 Å². The van der Waals surface area contributed by atoms with E-state index in [2.05, 4.69) is 32.5 Å². The average Bonchev–Trinajstić information content (AvgIpc) is 3.46. The van der Waals surface area contributed by atoms with Gasteiger partial charge in [0.05, 0.1) is 36.9 Å². The average molecular weight is 527 g/mol. The lowest BCUT2D eigenvalue weighted by Gasteiger charge is -2.36. The molecule has 2 aromatic heterocycles. The standard InChI is InChI=1S/C29H34N8O2/c1-4-36-27-25(15-30-36)28(37-23-13-14-24(37)18-39-17-23)34-26(33-27)20-7-11-22(12-8-20)32-29(38)31-21-9-5-19(6-10-21)16-35(2)3/h5-12,15,23-24H,4,13-14,16-18H2,1-3H3,(H2,31,32,38).